The predicted molar refractivity (Wildman–Crippen MR) is 141 cm³/mol. The number of aliphatic hydroxyl groups is 1. The largest absolute Gasteiger partial charge is 0.507 e. The predicted octanol–water partition coefficient (Wildman–Crippen LogP) is 5.70. The molecule has 8 nitrogen and oxygen atoms in total. The molecule has 10 heteroatoms. The molecule has 2 heterocycles. The summed E-state index contributed by atoms with van der Waals surface area (Å²) >= 11 is 7.01. The van der Waals surface area contributed by atoms with Crippen LogP contribution in [0.5, 0.6) is 5.75 Å². The SMILES string of the molecule is CCCCOc1ccc(C(O)=C2C(=O)C(=O)N(c3nc(C)c(C(=O)OC)s3)C2c2ccc(Cl)cc2)cc1. The van der Waals surface area contributed by atoms with Crippen molar-refractivity contribution in [3.63, 3.8) is 0 Å². The summed E-state index contributed by atoms with van der Waals surface area (Å²) in [7, 11) is 1.25. The van der Waals surface area contributed by atoms with E-state index in [4.69, 9.17) is 21.1 Å². The molecule has 1 amide bonds. The number of aromatic nitrogens is 1. The zero-order valence-electron chi connectivity index (χ0n) is 20.5. The molecule has 2 aromatic carbocycles. The molecular formula is C27H25ClN2O6S. The highest BCUT2D eigenvalue weighted by atomic mass is 35.5. The molecule has 1 aliphatic rings. The van der Waals surface area contributed by atoms with E-state index >= 15 is 0 Å². The minimum absolute atomic E-state index is 0.0977. The molecule has 37 heavy (non-hydrogen) atoms. The Kier molecular flexibility index (Phi) is 7.94. The van der Waals surface area contributed by atoms with Crippen molar-refractivity contribution in [1.82, 2.24) is 4.98 Å². The summed E-state index contributed by atoms with van der Waals surface area (Å²) in [5.74, 6) is -2.03. The summed E-state index contributed by atoms with van der Waals surface area (Å²) < 4.78 is 10.5. The fraction of sp³-hybridized carbons (Fsp3) is 0.259. The second kappa shape index (κ2) is 11.1. The van der Waals surface area contributed by atoms with Crippen molar-refractivity contribution in [2.24, 2.45) is 0 Å². The molecule has 0 bridgehead atoms. The number of hydrogen-bond donors (Lipinski definition) is 1. The molecule has 1 aliphatic heterocycles. The van der Waals surface area contributed by atoms with E-state index in [9.17, 15) is 19.5 Å². The highest BCUT2D eigenvalue weighted by Crippen LogP contribution is 2.44. The van der Waals surface area contributed by atoms with Crippen molar-refractivity contribution in [3.8, 4) is 5.75 Å². The van der Waals surface area contributed by atoms with Gasteiger partial charge in [-0.2, -0.15) is 0 Å². The number of hydrogen-bond acceptors (Lipinski definition) is 8. The normalized spacial score (nSPS) is 16.8. The van der Waals surface area contributed by atoms with Gasteiger partial charge in [0.15, 0.2) is 5.13 Å². The van der Waals surface area contributed by atoms with Crippen LogP contribution in [-0.4, -0.2) is 41.5 Å². The van der Waals surface area contributed by atoms with Crippen molar-refractivity contribution in [1.29, 1.82) is 0 Å². The Morgan fingerprint density at radius 3 is 2.43 bits per heavy atom. The van der Waals surface area contributed by atoms with Gasteiger partial charge in [-0.25, -0.2) is 9.78 Å². The van der Waals surface area contributed by atoms with Crippen molar-refractivity contribution < 1.29 is 29.0 Å². The van der Waals surface area contributed by atoms with E-state index in [1.165, 1.54) is 12.0 Å². The minimum Gasteiger partial charge on any atom is -0.507 e. The number of halogens is 1. The molecule has 192 valence electrons. The van der Waals surface area contributed by atoms with Gasteiger partial charge in [0.05, 0.1) is 31.0 Å². The van der Waals surface area contributed by atoms with Gasteiger partial charge in [-0.15, -0.1) is 0 Å². The quantitative estimate of drug-likeness (QED) is 0.128. The van der Waals surface area contributed by atoms with Gasteiger partial charge in [-0.3, -0.25) is 14.5 Å². The first kappa shape index (κ1) is 26.4. The molecule has 1 saturated heterocycles. The first-order chi connectivity index (χ1) is 17.8. The highest BCUT2D eigenvalue weighted by Gasteiger charge is 2.48. The highest BCUT2D eigenvalue weighted by molar-refractivity contribution is 7.17. The van der Waals surface area contributed by atoms with E-state index in [-0.39, 0.29) is 21.3 Å². The fourth-order valence-corrected chi connectivity index (χ4v) is 5.09. The fourth-order valence-electron chi connectivity index (χ4n) is 3.96. The van der Waals surface area contributed by atoms with Crippen molar-refractivity contribution in [2.45, 2.75) is 32.7 Å². The Balaban J connectivity index is 1.81. The molecule has 0 radical (unpaired) electrons. The number of thiazole rings is 1. The number of rotatable bonds is 8. The number of benzene rings is 2. The number of aliphatic hydroxyl groups excluding tert-OH is 1. The maximum absolute atomic E-state index is 13.3. The standard InChI is InChI=1S/C27H25ClN2O6S/c1-4-5-14-36-19-12-8-17(9-13-19)22(31)20-21(16-6-10-18(28)11-7-16)30(25(33)23(20)32)27-29-15(2)24(37-27)26(34)35-3/h6-13,21,31H,4-5,14H2,1-3H3. The van der Waals surface area contributed by atoms with Crippen LogP contribution in [0.4, 0.5) is 5.13 Å². The van der Waals surface area contributed by atoms with E-state index in [1.54, 1.807) is 55.5 Å². The van der Waals surface area contributed by atoms with Crippen molar-refractivity contribution >= 4 is 51.5 Å². The summed E-state index contributed by atoms with van der Waals surface area (Å²) in [6.07, 6.45) is 1.92. The van der Waals surface area contributed by atoms with E-state index in [0.717, 1.165) is 24.2 Å². The molecule has 1 fully saturated rings. The van der Waals surface area contributed by atoms with Crippen LogP contribution in [0.25, 0.3) is 5.76 Å². The number of aryl methyl sites for hydroxylation is 1. The number of carbonyl (C=O) groups is 3. The van der Waals surface area contributed by atoms with Crippen LogP contribution in [0.3, 0.4) is 0 Å². The summed E-state index contributed by atoms with van der Waals surface area (Å²) in [6, 6.07) is 12.3. The molecular weight excluding hydrogens is 516 g/mol. The molecule has 1 N–H and O–H groups in total. The van der Waals surface area contributed by atoms with E-state index < -0.39 is 23.7 Å². The number of ketones is 1. The monoisotopic (exact) mass is 540 g/mol. The first-order valence-corrected chi connectivity index (χ1v) is 12.8. The number of methoxy groups -OCH3 is 1. The van der Waals surface area contributed by atoms with E-state index in [0.29, 0.717) is 34.2 Å². The van der Waals surface area contributed by atoms with Gasteiger partial charge in [0.25, 0.3) is 5.78 Å². The van der Waals surface area contributed by atoms with E-state index in [1.807, 2.05) is 0 Å². The van der Waals surface area contributed by atoms with Crippen LogP contribution in [0.15, 0.2) is 54.1 Å². The van der Waals surface area contributed by atoms with Gasteiger partial charge in [0.1, 0.15) is 16.4 Å². The smallest absolute Gasteiger partial charge is 0.350 e. The van der Waals surface area contributed by atoms with Gasteiger partial charge in [0, 0.05) is 10.6 Å². The van der Waals surface area contributed by atoms with Crippen molar-refractivity contribution in [3.05, 3.63) is 80.8 Å². The van der Waals surface area contributed by atoms with Crippen LogP contribution in [0.2, 0.25) is 5.02 Å². The first-order valence-electron chi connectivity index (χ1n) is 11.6. The van der Waals surface area contributed by atoms with Crippen molar-refractivity contribution in [2.75, 3.05) is 18.6 Å². The zero-order chi connectivity index (χ0) is 26.7. The molecule has 1 unspecified atom stereocenters. The van der Waals surface area contributed by atoms with Gasteiger partial charge < -0.3 is 14.6 Å². The third kappa shape index (κ3) is 5.23. The molecule has 0 saturated carbocycles. The topological polar surface area (TPSA) is 106 Å². The van der Waals surface area contributed by atoms with Crippen LogP contribution >= 0.6 is 22.9 Å². The summed E-state index contributed by atoms with van der Waals surface area (Å²) in [5, 5.41) is 11.9. The van der Waals surface area contributed by atoms with Crippen LogP contribution in [0, 0.1) is 6.92 Å². The lowest BCUT2D eigenvalue weighted by Crippen LogP contribution is -2.29. The summed E-state index contributed by atoms with van der Waals surface area (Å²) in [6.45, 7) is 4.26. The summed E-state index contributed by atoms with van der Waals surface area (Å²) in [4.78, 5) is 44.6. The lowest BCUT2D eigenvalue weighted by molar-refractivity contribution is -0.132. The average Bonchev–Trinajstić information content (AvgIpc) is 3.40. The third-order valence-electron chi connectivity index (χ3n) is 5.89. The average molecular weight is 541 g/mol. The molecule has 3 aromatic rings. The molecule has 4 rings (SSSR count). The number of anilines is 1. The van der Waals surface area contributed by atoms with Gasteiger partial charge in [0.2, 0.25) is 0 Å². The lowest BCUT2D eigenvalue weighted by Gasteiger charge is -2.23. The Hall–Kier alpha value is -3.69. The second-order valence-corrected chi connectivity index (χ2v) is 9.76. The number of ether oxygens (including phenoxy) is 2. The number of esters is 1. The molecule has 0 spiro atoms. The third-order valence-corrected chi connectivity index (χ3v) is 7.28. The molecule has 0 aliphatic carbocycles. The Bertz CT molecular complexity index is 1360. The van der Waals surface area contributed by atoms with E-state index in [2.05, 4.69) is 11.9 Å². The minimum atomic E-state index is -0.992. The van der Waals surface area contributed by atoms with Gasteiger partial charge >= 0.3 is 11.9 Å². The van der Waals surface area contributed by atoms with Crippen LogP contribution in [-0.2, 0) is 14.3 Å². The molecule has 1 atom stereocenters. The van der Waals surface area contributed by atoms with Crippen LogP contribution in [0.1, 0.15) is 52.3 Å². The Morgan fingerprint density at radius 2 is 1.81 bits per heavy atom. The maximum atomic E-state index is 13.3. The maximum Gasteiger partial charge on any atom is 0.350 e. The number of carbonyl (C=O) groups excluding carboxylic acids is 3. The van der Waals surface area contributed by atoms with Gasteiger partial charge in [-0.1, -0.05) is 48.4 Å². The number of amides is 1. The Labute approximate surface area is 223 Å². The summed E-state index contributed by atoms with van der Waals surface area (Å²) in [5.41, 5.74) is 1.16. The number of Topliss-reactive ketones (excluding diaryl/α,β-unsaturated/α-hetero) is 1. The number of unbranched alkanes of at least 4 members (excludes halogenated alkanes) is 1. The number of nitrogens with zero attached hydrogens (tertiary/aromatic N) is 2. The second-order valence-electron chi connectivity index (χ2n) is 8.35. The van der Waals surface area contributed by atoms with Gasteiger partial charge in [-0.05, 0) is 55.3 Å². The zero-order valence-corrected chi connectivity index (χ0v) is 22.1. The Morgan fingerprint density at radius 1 is 1.14 bits per heavy atom. The molecule has 1 aromatic heterocycles. The van der Waals surface area contributed by atoms with Crippen LogP contribution < -0.4 is 9.64 Å². The lowest BCUT2D eigenvalue weighted by atomic mass is 9.95.